The van der Waals surface area contributed by atoms with Crippen molar-refractivity contribution in [2.75, 3.05) is 20.3 Å². The van der Waals surface area contributed by atoms with Gasteiger partial charge in [0.15, 0.2) is 5.41 Å². The van der Waals surface area contributed by atoms with Gasteiger partial charge in [0.2, 0.25) is 0 Å². The average molecular weight is 320 g/mol. The topological polar surface area (TPSA) is 78.9 Å². The molecule has 6 heteroatoms. The zero-order valence-corrected chi connectivity index (χ0v) is 13.4. The van der Waals surface area contributed by atoms with Crippen LogP contribution >= 0.6 is 0 Å². The van der Waals surface area contributed by atoms with E-state index in [1.165, 1.54) is 0 Å². The maximum absolute atomic E-state index is 12.4. The van der Waals surface area contributed by atoms with E-state index in [0.29, 0.717) is 17.6 Å². The fraction of sp³-hybridized carbons (Fsp3) is 0.471. The number of rotatable bonds is 7. The second-order valence-corrected chi connectivity index (χ2v) is 5.22. The smallest absolute Gasteiger partial charge is 0.324 e. The van der Waals surface area contributed by atoms with Crippen molar-refractivity contribution in [1.82, 2.24) is 0 Å². The Morgan fingerprint density at radius 3 is 2.00 bits per heavy atom. The standard InChI is InChI=1S/C17H20O6/c1-4-22-15(19)17(16(20)23-5-2)13(10-18)14(17)11-6-8-12(21-3)9-7-11/h6-10,13-14H,4-5H2,1-3H3/t13-,14-/m1/s1. The summed E-state index contributed by atoms with van der Waals surface area (Å²) in [4.78, 5) is 36.3. The van der Waals surface area contributed by atoms with Crippen molar-refractivity contribution in [2.24, 2.45) is 11.3 Å². The first kappa shape index (κ1) is 17.0. The number of carbonyl (C=O) groups is 3. The molecule has 0 radical (unpaired) electrons. The first-order valence-electron chi connectivity index (χ1n) is 7.51. The summed E-state index contributed by atoms with van der Waals surface area (Å²) in [6, 6.07) is 6.91. The molecule has 2 atom stereocenters. The highest BCUT2D eigenvalue weighted by atomic mass is 16.6. The van der Waals surface area contributed by atoms with Crippen LogP contribution in [0.3, 0.4) is 0 Å². The maximum Gasteiger partial charge on any atom is 0.324 e. The van der Waals surface area contributed by atoms with Gasteiger partial charge < -0.3 is 19.0 Å². The van der Waals surface area contributed by atoms with Gasteiger partial charge in [-0.2, -0.15) is 0 Å². The number of hydrogen-bond acceptors (Lipinski definition) is 6. The quantitative estimate of drug-likeness (QED) is 0.432. The van der Waals surface area contributed by atoms with Crippen LogP contribution in [0.25, 0.3) is 0 Å². The zero-order valence-electron chi connectivity index (χ0n) is 13.4. The highest BCUT2D eigenvalue weighted by Crippen LogP contribution is 2.65. The largest absolute Gasteiger partial charge is 0.497 e. The van der Waals surface area contributed by atoms with Gasteiger partial charge >= 0.3 is 11.9 Å². The van der Waals surface area contributed by atoms with Crippen LogP contribution in [0.2, 0.25) is 0 Å². The van der Waals surface area contributed by atoms with Crippen LogP contribution < -0.4 is 4.74 Å². The van der Waals surface area contributed by atoms with E-state index in [0.717, 1.165) is 0 Å². The van der Waals surface area contributed by atoms with Crippen molar-refractivity contribution in [2.45, 2.75) is 19.8 Å². The van der Waals surface area contributed by atoms with Crippen molar-refractivity contribution in [1.29, 1.82) is 0 Å². The first-order valence-corrected chi connectivity index (χ1v) is 7.51. The Morgan fingerprint density at radius 1 is 1.09 bits per heavy atom. The van der Waals surface area contributed by atoms with Gasteiger partial charge in [-0.15, -0.1) is 0 Å². The van der Waals surface area contributed by atoms with Crippen molar-refractivity contribution in [3.63, 3.8) is 0 Å². The van der Waals surface area contributed by atoms with Crippen LogP contribution in [0.1, 0.15) is 25.3 Å². The fourth-order valence-electron chi connectivity index (χ4n) is 2.99. The van der Waals surface area contributed by atoms with Crippen LogP contribution in [0.5, 0.6) is 5.75 Å². The molecule has 0 heterocycles. The van der Waals surface area contributed by atoms with Crippen molar-refractivity contribution in [3.05, 3.63) is 29.8 Å². The lowest BCUT2D eigenvalue weighted by atomic mass is 9.98. The van der Waals surface area contributed by atoms with Gasteiger partial charge in [0, 0.05) is 5.92 Å². The molecular weight excluding hydrogens is 300 g/mol. The minimum atomic E-state index is -1.58. The summed E-state index contributed by atoms with van der Waals surface area (Å²) in [6.07, 6.45) is 0.628. The van der Waals surface area contributed by atoms with Gasteiger partial charge in [-0.3, -0.25) is 9.59 Å². The molecule has 0 bridgehead atoms. The second-order valence-electron chi connectivity index (χ2n) is 5.22. The second kappa shape index (κ2) is 6.81. The third-order valence-corrected chi connectivity index (χ3v) is 4.11. The van der Waals surface area contributed by atoms with Crippen LogP contribution in [0.15, 0.2) is 24.3 Å². The van der Waals surface area contributed by atoms with Crippen LogP contribution in [0.4, 0.5) is 0 Å². The number of aldehydes is 1. The molecule has 1 aliphatic carbocycles. The molecule has 0 saturated heterocycles. The van der Waals surface area contributed by atoms with Gasteiger partial charge in [0.1, 0.15) is 12.0 Å². The summed E-state index contributed by atoms with van der Waals surface area (Å²) in [5.41, 5.74) is -0.883. The van der Waals surface area contributed by atoms with Crippen molar-refractivity contribution in [3.8, 4) is 5.75 Å². The van der Waals surface area contributed by atoms with Crippen LogP contribution in [-0.4, -0.2) is 38.5 Å². The average Bonchev–Trinajstić information content (AvgIpc) is 3.25. The molecule has 6 nitrogen and oxygen atoms in total. The summed E-state index contributed by atoms with van der Waals surface area (Å²) in [7, 11) is 1.54. The SMILES string of the molecule is CCOC(=O)C1(C(=O)OCC)[C@H](C=O)[C@H]1c1ccc(OC)cc1. The Hall–Kier alpha value is -2.37. The van der Waals surface area contributed by atoms with Crippen LogP contribution in [-0.2, 0) is 23.9 Å². The van der Waals surface area contributed by atoms with Gasteiger partial charge in [-0.1, -0.05) is 12.1 Å². The summed E-state index contributed by atoms with van der Waals surface area (Å²) >= 11 is 0. The molecule has 1 saturated carbocycles. The molecule has 0 N–H and O–H groups in total. The molecule has 1 aliphatic rings. The van der Waals surface area contributed by atoms with E-state index in [9.17, 15) is 14.4 Å². The van der Waals surface area contributed by atoms with Gasteiger partial charge in [-0.05, 0) is 31.5 Å². The van der Waals surface area contributed by atoms with Crippen LogP contribution in [0, 0.1) is 11.3 Å². The number of methoxy groups -OCH3 is 1. The first-order chi connectivity index (χ1) is 11.1. The van der Waals surface area contributed by atoms with E-state index >= 15 is 0 Å². The lowest BCUT2D eigenvalue weighted by molar-refractivity contribution is -0.165. The Bertz CT molecular complexity index is 574. The van der Waals surface area contributed by atoms with E-state index in [1.807, 2.05) is 0 Å². The summed E-state index contributed by atoms with van der Waals surface area (Å²) in [5.74, 6) is -2.14. The monoisotopic (exact) mass is 320 g/mol. The minimum Gasteiger partial charge on any atom is -0.497 e. The third-order valence-electron chi connectivity index (χ3n) is 4.11. The van der Waals surface area contributed by atoms with Crippen molar-refractivity contribution >= 4 is 18.2 Å². The Labute approximate surface area is 134 Å². The number of benzene rings is 1. The maximum atomic E-state index is 12.4. The van der Waals surface area contributed by atoms with Gasteiger partial charge in [-0.25, -0.2) is 0 Å². The molecule has 1 aromatic rings. The van der Waals surface area contributed by atoms with Crippen molar-refractivity contribution < 1.29 is 28.6 Å². The predicted molar refractivity (Wildman–Crippen MR) is 81.0 cm³/mol. The molecule has 0 aliphatic heterocycles. The Kier molecular flexibility index (Phi) is 5.03. The Morgan fingerprint density at radius 2 is 1.61 bits per heavy atom. The number of esters is 2. The fourth-order valence-corrected chi connectivity index (χ4v) is 2.99. The molecule has 23 heavy (non-hydrogen) atoms. The molecule has 1 fully saturated rings. The minimum absolute atomic E-state index is 0.126. The zero-order chi connectivity index (χ0) is 17.0. The molecule has 2 rings (SSSR count). The number of hydrogen-bond donors (Lipinski definition) is 0. The van der Waals surface area contributed by atoms with E-state index in [-0.39, 0.29) is 13.2 Å². The molecule has 0 aromatic heterocycles. The predicted octanol–water partition coefficient (Wildman–Crippen LogP) is 1.72. The summed E-state index contributed by atoms with van der Waals surface area (Å²) < 4.78 is 15.2. The van der Waals surface area contributed by atoms with Gasteiger partial charge in [0.25, 0.3) is 0 Å². The molecule has 1 aromatic carbocycles. The molecule has 0 amide bonds. The normalized spacial score (nSPS) is 21.2. The summed E-state index contributed by atoms with van der Waals surface area (Å²) in [6.45, 7) is 3.55. The molecule has 0 unspecified atom stereocenters. The number of ether oxygens (including phenoxy) is 3. The highest BCUT2D eigenvalue weighted by Gasteiger charge is 2.77. The Balaban J connectivity index is 2.41. The molecule has 124 valence electrons. The van der Waals surface area contributed by atoms with Gasteiger partial charge in [0.05, 0.1) is 26.2 Å². The van der Waals surface area contributed by atoms with E-state index in [1.54, 1.807) is 45.2 Å². The summed E-state index contributed by atoms with van der Waals surface area (Å²) in [5, 5.41) is 0. The van der Waals surface area contributed by atoms with E-state index in [2.05, 4.69) is 0 Å². The van der Waals surface area contributed by atoms with E-state index < -0.39 is 29.2 Å². The molecule has 0 spiro atoms. The highest BCUT2D eigenvalue weighted by molar-refractivity contribution is 6.09. The third kappa shape index (κ3) is 2.69. The van der Waals surface area contributed by atoms with E-state index in [4.69, 9.17) is 14.2 Å². The number of carbonyl (C=O) groups excluding carboxylic acids is 3. The lowest BCUT2D eigenvalue weighted by Crippen LogP contribution is -2.33. The lowest BCUT2D eigenvalue weighted by Gasteiger charge is -2.15. The molecular formula is C17H20O6.